The summed E-state index contributed by atoms with van der Waals surface area (Å²) in [5, 5.41) is 23.4. The van der Waals surface area contributed by atoms with Gasteiger partial charge in [0.15, 0.2) is 11.3 Å². The van der Waals surface area contributed by atoms with E-state index < -0.39 is 5.91 Å². The van der Waals surface area contributed by atoms with Gasteiger partial charge in [0.1, 0.15) is 11.3 Å². The molecule has 0 aliphatic rings. The van der Waals surface area contributed by atoms with Gasteiger partial charge in [0.25, 0.3) is 11.1 Å². The molecule has 0 radical (unpaired) electrons. The fourth-order valence-corrected chi connectivity index (χ4v) is 4.96. The second kappa shape index (κ2) is 12.4. The number of aromatic nitrogens is 6. The quantitative estimate of drug-likeness (QED) is 0.111. The molecule has 216 valence electrons. The summed E-state index contributed by atoms with van der Waals surface area (Å²) < 4.78 is 17.3. The second-order valence-electron chi connectivity index (χ2n) is 9.00. The highest BCUT2D eigenvalue weighted by atomic mass is 32.2. The molecular weight excluding hydrogens is 572 g/mol. The third-order valence-electron chi connectivity index (χ3n) is 6.22. The predicted molar refractivity (Wildman–Crippen MR) is 159 cm³/mol. The van der Waals surface area contributed by atoms with Gasteiger partial charge in [-0.25, -0.2) is 15.0 Å². The fraction of sp³-hybridized carbons (Fsp3) is 0.107. The van der Waals surface area contributed by atoms with Crippen molar-refractivity contribution in [3.63, 3.8) is 0 Å². The molecule has 3 heterocycles. The molecule has 0 saturated carbocycles. The van der Waals surface area contributed by atoms with Crippen LogP contribution in [0.15, 0.2) is 92.2 Å². The van der Waals surface area contributed by atoms with Crippen molar-refractivity contribution in [1.29, 1.82) is 0 Å². The molecule has 0 aliphatic heterocycles. The Morgan fingerprint density at radius 2 is 1.95 bits per heavy atom. The van der Waals surface area contributed by atoms with Crippen LogP contribution in [0.3, 0.4) is 0 Å². The number of nitrogens with zero attached hydrogens (tertiary/aromatic N) is 7. The van der Waals surface area contributed by atoms with Gasteiger partial charge in [0.2, 0.25) is 11.6 Å². The van der Waals surface area contributed by atoms with Gasteiger partial charge < -0.3 is 20.2 Å². The number of nitrogens with one attached hydrogen (secondary N) is 2. The highest BCUT2D eigenvalue weighted by Gasteiger charge is 2.23. The lowest BCUT2D eigenvalue weighted by molar-refractivity contribution is 0.0949. The normalized spacial score (nSPS) is 11.3. The number of carbonyl (C=O) groups is 1. The Morgan fingerprint density at radius 3 is 2.74 bits per heavy atom. The Morgan fingerprint density at radius 1 is 1.12 bits per heavy atom. The van der Waals surface area contributed by atoms with Crippen LogP contribution in [0.5, 0.6) is 5.75 Å². The van der Waals surface area contributed by atoms with E-state index in [1.807, 2.05) is 72.8 Å². The number of amides is 1. The molecule has 0 spiro atoms. The highest BCUT2D eigenvalue weighted by molar-refractivity contribution is 7.98. The molecule has 0 aliphatic carbocycles. The van der Waals surface area contributed by atoms with Crippen LogP contribution in [-0.4, -0.2) is 49.5 Å². The van der Waals surface area contributed by atoms with Gasteiger partial charge in [-0.2, -0.15) is 9.78 Å². The minimum Gasteiger partial charge on any atom is -0.496 e. The maximum atomic E-state index is 13.1. The summed E-state index contributed by atoms with van der Waals surface area (Å²) in [5.74, 6) is 0.785. The van der Waals surface area contributed by atoms with Crippen LogP contribution in [-0.2, 0) is 12.3 Å². The number of benzene rings is 3. The number of carbonyl (C=O) groups excluding carboxylic acids is 1. The smallest absolute Gasteiger partial charge is 0.293 e. The standard InChI is InChI=1S/C28H24N10O4S/c1-40-22-12-11-17(13-18(22)16-43-28-32-20-9-5-6-10-23(20)41-28)14-31-34-27(39)24-21(15-30-19-7-3-2-4-8-19)38(37-33-24)26-25(29)35-42-36-26/h2-14,30H,15-16H2,1H3,(H2,29,35)(H,34,39)/b31-14+. The number of oxazole rings is 1. The van der Waals surface area contributed by atoms with E-state index in [0.29, 0.717) is 22.4 Å². The topological polar surface area (TPSA) is 184 Å². The van der Waals surface area contributed by atoms with Gasteiger partial charge in [0.05, 0.1) is 25.6 Å². The summed E-state index contributed by atoms with van der Waals surface area (Å²) in [4.78, 5) is 17.6. The highest BCUT2D eigenvalue weighted by Crippen LogP contribution is 2.30. The SMILES string of the molecule is COc1ccc(/C=N/NC(=O)c2nnn(-c3nonc3N)c2CNc2ccccc2)cc1CSc1nc2ccccc2o1. The summed E-state index contributed by atoms with van der Waals surface area (Å²) in [6.07, 6.45) is 1.52. The number of hydrogen-bond acceptors (Lipinski definition) is 13. The number of hydrazone groups is 1. The van der Waals surface area contributed by atoms with E-state index in [1.54, 1.807) is 7.11 Å². The largest absolute Gasteiger partial charge is 0.496 e. The molecule has 3 aromatic heterocycles. The van der Waals surface area contributed by atoms with E-state index in [-0.39, 0.29) is 23.9 Å². The summed E-state index contributed by atoms with van der Waals surface area (Å²) >= 11 is 1.45. The summed E-state index contributed by atoms with van der Waals surface area (Å²) in [6.45, 7) is 0.176. The second-order valence-corrected chi connectivity index (χ2v) is 9.92. The van der Waals surface area contributed by atoms with Crippen LogP contribution >= 0.6 is 11.8 Å². The molecular formula is C28H24N10O4S. The number of rotatable bonds is 11. The summed E-state index contributed by atoms with van der Waals surface area (Å²) in [6, 6.07) is 22.6. The number of fused-ring (bicyclic) bond motifs is 1. The molecule has 6 aromatic rings. The van der Waals surface area contributed by atoms with Gasteiger partial charge >= 0.3 is 0 Å². The third-order valence-corrected chi connectivity index (χ3v) is 7.09. The molecule has 43 heavy (non-hydrogen) atoms. The van der Waals surface area contributed by atoms with Gasteiger partial charge in [-0.05, 0) is 58.3 Å². The summed E-state index contributed by atoms with van der Waals surface area (Å²) in [7, 11) is 1.61. The molecule has 15 heteroatoms. The molecule has 0 saturated heterocycles. The van der Waals surface area contributed by atoms with Gasteiger partial charge in [-0.15, -0.1) is 5.10 Å². The van der Waals surface area contributed by atoms with E-state index in [0.717, 1.165) is 27.9 Å². The Balaban J connectivity index is 1.17. The predicted octanol–water partition coefficient (Wildman–Crippen LogP) is 4.05. The first-order valence-electron chi connectivity index (χ1n) is 12.9. The fourth-order valence-electron chi connectivity index (χ4n) is 4.15. The van der Waals surface area contributed by atoms with Crippen LogP contribution in [0, 0.1) is 0 Å². The van der Waals surface area contributed by atoms with E-state index in [1.165, 1.54) is 22.7 Å². The first-order valence-corrected chi connectivity index (χ1v) is 13.9. The average Bonchev–Trinajstić information content (AvgIpc) is 3.77. The van der Waals surface area contributed by atoms with Crippen LogP contribution in [0.25, 0.3) is 16.9 Å². The molecule has 3 aromatic carbocycles. The van der Waals surface area contributed by atoms with Crippen LogP contribution in [0.2, 0.25) is 0 Å². The van der Waals surface area contributed by atoms with Gasteiger partial charge in [-0.1, -0.05) is 47.3 Å². The monoisotopic (exact) mass is 596 g/mol. The molecule has 4 N–H and O–H groups in total. The Kier molecular flexibility index (Phi) is 7.95. The van der Waals surface area contributed by atoms with Crippen molar-refractivity contribution in [2.24, 2.45) is 5.10 Å². The summed E-state index contributed by atoms with van der Waals surface area (Å²) in [5.41, 5.74) is 12.8. The third kappa shape index (κ3) is 6.15. The maximum absolute atomic E-state index is 13.1. The Bertz CT molecular complexity index is 1870. The van der Waals surface area contributed by atoms with E-state index >= 15 is 0 Å². The molecule has 14 nitrogen and oxygen atoms in total. The first kappa shape index (κ1) is 27.5. The van der Waals surface area contributed by atoms with Crippen molar-refractivity contribution in [2.75, 3.05) is 18.2 Å². The lowest BCUT2D eigenvalue weighted by atomic mass is 10.1. The van der Waals surface area contributed by atoms with Crippen molar-refractivity contribution in [3.8, 4) is 11.6 Å². The van der Waals surface area contributed by atoms with Crippen LogP contribution in [0.4, 0.5) is 11.5 Å². The molecule has 0 bridgehead atoms. The number of ether oxygens (including phenoxy) is 1. The average molecular weight is 597 g/mol. The van der Waals surface area contributed by atoms with Crippen molar-refractivity contribution in [2.45, 2.75) is 17.5 Å². The number of para-hydroxylation sites is 3. The minimum atomic E-state index is -0.581. The number of methoxy groups -OCH3 is 1. The number of hydrogen-bond donors (Lipinski definition) is 3. The van der Waals surface area contributed by atoms with Crippen LogP contribution < -0.4 is 21.2 Å². The van der Waals surface area contributed by atoms with Crippen LogP contribution in [0.1, 0.15) is 27.3 Å². The number of nitrogen functional groups attached to an aromatic ring is 1. The zero-order chi connectivity index (χ0) is 29.6. The zero-order valence-electron chi connectivity index (χ0n) is 22.7. The van der Waals surface area contributed by atoms with E-state index in [2.05, 4.69) is 41.5 Å². The van der Waals surface area contributed by atoms with Gasteiger partial charge in [-0.3, -0.25) is 4.79 Å². The lowest BCUT2D eigenvalue weighted by Gasteiger charge is -2.09. The molecule has 6 rings (SSSR count). The minimum absolute atomic E-state index is 0.000386. The van der Waals surface area contributed by atoms with E-state index in [4.69, 9.17) is 19.5 Å². The Hall–Kier alpha value is -5.70. The molecule has 1 amide bonds. The lowest BCUT2D eigenvalue weighted by Crippen LogP contribution is -2.21. The number of anilines is 2. The molecule has 0 atom stereocenters. The molecule has 0 fully saturated rings. The number of nitrogens with two attached hydrogens (primary N) is 1. The zero-order valence-corrected chi connectivity index (χ0v) is 23.5. The maximum Gasteiger partial charge on any atom is 0.293 e. The number of thioether (sulfide) groups is 1. The molecule has 0 unspecified atom stereocenters. The van der Waals surface area contributed by atoms with E-state index in [9.17, 15) is 4.79 Å². The van der Waals surface area contributed by atoms with Gasteiger partial charge in [0, 0.05) is 17.0 Å². The van der Waals surface area contributed by atoms with Crippen molar-refractivity contribution in [1.82, 2.24) is 35.7 Å². The van der Waals surface area contributed by atoms with Crippen molar-refractivity contribution in [3.05, 3.63) is 95.3 Å². The van der Waals surface area contributed by atoms with Crippen molar-refractivity contribution < 1.29 is 18.6 Å². The Labute approximate surface area is 248 Å². The first-order chi connectivity index (χ1) is 21.1. The van der Waals surface area contributed by atoms with Crippen molar-refractivity contribution >= 4 is 46.5 Å².